The van der Waals surface area contributed by atoms with E-state index in [1.54, 1.807) is 0 Å². The van der Waals surface area contributed by atoms with E-state index < -0.39 is 21.9 Å². The van der Waals surface area contributed by atoms with E-state index >= 15 is 0 Å². The van der Waals surface area contributed by atoms with Crippen molar-refractivity contribution in [2.24, 2.45) is 0 Å². The van der Waals surface area contributed by atoms with Crippen molar-refractivity contribution in [2.75, 3.05) is 0 Å². The van der Waals surface area contributed by atoms with Crippen molar-refractivity contribution < 1.29 is 22.3 Å². The van der Waals surface area contributed by atoms with Gasteiger partial charge in [-0.2, -0.15) is 0 Å². The monoisotopic (exact) mass is 248 g/mol. The highest BCUT2D eigenvalue weighted by atomic mass is 27.2. The first-order valence-corrected chi connectivity index (χ1v) is 6.35. The molecular formula is C10H21AlO5. The van der Waals surface area contributed by atoms with E-state index in [9.17, 15) is 9.59 Å². The second kappa shape index (κ2) is 11.1. The van der Waals surface area contributed by atoms with Crippen molar-refractivity contribution >= 4 is 27.6 Å². The van der Waals surface area contributed by atoms with Crippen LogP contribution < -0.4 is 0 Å². The summed E-state index contributed by atoms with van der Waals surface area (Å²) in [4.78, 5) is 19.5. The van der Waals surface area contributed by atoms with Crippen molar-refractivity contribution in [3.63, 3.8) is 0 Å². The summed E-state index contributed by atoms with van der Waals surface area (Å²) in [6.07, 6.45) is 0.297. The van der Waals surface area contributed by atoms with Gasteiger partial charge in [-0.3, -0.25) is 9.59 Å². The Labute approximate surface area is 104 Å². The van der Waals surface area contributed by atoms with Crippen LogP contribution in [0.2, 0.25) is 0 Å². The van der Waals surface area contributed by atoms with Crippen molar-refractivity contribution in [3.8, 4) is 0 Å². The normalized spacial score (nSPS) is 9.69. The minimum atomic E-state index is -1.06. The predicted octanol–water partition coefficient (Wildman–Crippen LogP) is 1.15. The van der Waals surface area contributed by atoms with Gasteiger partial charge in [-0.15, -0.1) is 0 Å². The number of carboxylic acid groups (broad SMARTS) is 1. The zero-order valence-electron chi connectivity index (χ0n) is 10.6. The van der Waals surface area contributed by atoms with E-state index in [0.717, 1.165) is 0 Å². The Hall–Kier alpha value is -0.408. The number of Topliss-reactive ketones (excluding diaryl/α,β-unsaturated/α-hetero) is 1. The van der Waals surface area contributed by atoms with E-state index in [2.05, 4.69) is 0 Å². The van der Waals surface area contributed by atoms with Gasteiger partial charge in [-0.25, -0.2) is 0 Å². The molecule has 0 aromatic rings. The molecule has 1 N–H and O–H groups in total. The van der Waals surface area contributed by atoms with Crippen molar-refractivity contribution in [1.29, 1.82) is 0 Å². The summed E-state index contributed by atoms with van der Waals surface area (Å²) >= 11 is -0.684. The molecule has 0 unspecified atom stereocenters. The molecule has 5 nitrogen and oxygen atoms in total. The van der Waals surface area contributed by atoms with Crippen molar-refractivity contribution in [2.45, 2.75) is 53.2 Å². The number of carboxylic acids is 1. The molecule has 0 heterocycles. The van der Waals surface area contributed by atoms with Crippen LogP contribution in [0.5, 0.6) is 0 Å². The molecule has 16 heavy (non-hydrogen) atoms. The Morgan fingerprint density at radius 1 is 1.12 bits per heavy atom. The highest BCUT2D eigenvalue weighted by molar-refractivity contribution is 6.18. The third-order valence-corrected chi connectivity index (χ3v) is 2.81. The molecule has 6 heteroatoms. The van der Waals surface area contributed by atoms with Crippen LogP contribution in [0.4, 0.5) is 0 Å². The number of carbonyl (C=O) groups excluding carboxylic acids is 1. The summed E-state index contributed by atoms with van der Waals surface area (Å²) < 4.78 is 10.5. The molecule has 0 aliphatic carbocycles. The van der Waals surface area contributed by atoms with Gasteiger partial charge in [0.2, 0.25) is 0 Å². The molecule has 0 fully saturated rings. The van der Waals surface area contributed by atoms with Crippen LogP contribution in [0.25, 0.3) is 0 Å². The average molecular weight is 248 g/mol. The number of rotatable bonds is 6. The minimum Gasteiger partial charge on any atom is -0.481 e. The fourth-order valence-corrected chi connectivity index (χ4v) is 1.15. The van der Waals surface area contributed by atoms with Gasteiger partial charge in [-0.1, -0.05) is 0 Å². The molecule has 0 radical (unpaired) electrons. The molecule has 0 atom stereocenters. The lowest BCUT2D eigenvalue weighted by Crippen LogP contribution is -2.14. The van der Waals surface area contributed by atoms with Gasteiger partial charge < -0.3 is 12.7 Å². The number of hydrogen-bond donors (Lipinski definition) is 1. The van der Waals surface area contributed by atoms with Gasteiger partial charge in [0, 0.05) is 12.2 Å². The second-order valence-electron chi connectivity index (χ2n) is 3.82. The summed E-state index contributed by atoms with van der Waals surface area (Å²) in [6.45, 7) is 9.34. The molecule has 0 spiro atoms. The SMILES string of the molecule is CC(=O)CC(=O)O.CC(C)[O][AlH][O]C(C)C. The Morgan fingerprint density at radius 2 is 1.50 bits per heavy atom. The average Bonchev–Trinajstić information content (AvgIpc) is 2.00. The quantitative estimate of drug-likeness (QED) is 0.564. The Morgan fingerprint density at radius 3 is 1.62 bits per heavy atom. The fourth-order valence-electron chi connectivity index (χ4n) is 0.524. The molecule has 0 aromatic heterocycles. The molecule has 0 aliphatic heterocycles. The third kappa shape index (κ3) is 23.4. The highest BCUT2D eigenvalue weighted by Crippen LogP contribution is 1.89. The molecule has 0 amide bonds. The van der Waals surface area contributed by atoms with Crippen LogP contribution in [0, 0.1) is 0 Å². The molecule has 0 aliphatic rings. The Kier molecular flexibility index (Phi) is 12.5. The van der Waals surface area contributed by atoms with Gasteiger partial charge >= 0.3 is 21.9 Å². The van der Waals surface area contributed by atoms with E-state index in [4.69, 9.17) is 12.7 Å². The van der Waals surface area contributed by atoms with Crippen LogP contribution in [0.15, 0.2) is 0 Å². The van der Waals surface area contributed by atoms with Crippen LogP contribution in [0.1, 0.15) is 41.0 Å². The van der Waals surface area contributed by atoms with Gasteiger partial charge in [0.15, 0.2) is 0 Å². The van der Waals surface area contributed by atoms with Crippen LogP contribution in [-0.4, -0.2) is 45.0 Å². The maximum atomic E-state index is 9.87. The molecule has 0 saturated heterocycles. The van der Waals surface area contributed by atoms with Gasteiger partial charge in [0.05, 0.1) is 0 Å². The van der Waals surface area contributed by atoms with Crippen LogP contribution >= 0.6 is 0 Å². The van der Waals surface area contributed by atoms with E-state index in [1.807, 2.05) is 27.7 Å². The van der Waals surface area contributed by atoms with E-state index in [-0.39, 0.29) is 12.2 Å². The number of hydrogen-bond acceptors (Lipinski definition) is 4. The third-order valence-electron chi connectivity index (χ3n) is 1.20. The molecule has 0 saturated carbocycles. The summed E-state index contributed by atoms with van der Waals surface area (Å²) in [5.41, 5.74) is 0. The minimum absolute atomic E-state index is 0.312. The smallest absolute Gasteiger partial charge is 0.481 e. The van der Waals surface area contributed by atoms with Gasteiger partial charge in [0.1, 0.15) is 12.2 Å². The van der Waals surface area contributed by atoms with Gasteiger partial charge in [0.25, 0.3) is 0 Å². The topological polar surface area (TPSA) is 72.8 Å². The largest absolute Gasteiger partial charge is 0.650 e. The lowest BCUT2D eigenvalue weighted by molar-refractivity contribution is -0.139. The van der Waals surface area contributed by atoms with Crippen molar-refractivity contribution in [1.82, 2.24) is 0 Å². The Bertz CT molecular complexity index is 183. The number of aliphatic carboxylic acids is 1. The summed E-state index contributed by atoms with van der Waals surface area (Å²) in [5.74, 6) is -1.37. The standard InChI is InChI=1S/C4H6O3.2C3H7O.Al.H/c1-3(5)2-4(6)7;2*1-3(2)4;;/h2H2,1H3,(H,6,7);2*3H,1-2H3;;/q;2*-1;+2;. The zero-order chi connectivity index (χ0) is 13.1. The van der Waals surface area contributed by atoms with Crippen molar-refractivity contribution in [3.05, 3.63) is 0 Å². The maximum Gasteiger partial charge on any atom is 0.650 e. The molecule has 94 valence electrons. The van der Waals surface area contributed by atoms with Crippen LogP contribution in [-0.2, 0) is 17.2 Å². The highest BCUT2D eigenvalue weighted by Gasteiger charge is 2.01. The molecular weight excluding hydrogens is 227 g/mol. The van der Waals surface area contributed by atoms with Crippen LogP contribution in [0.3, 0.4) is 0 Å². The summed E-state index contributed by atoms with van der Waals surface area (Å²) in [7, 11) is 0. The zero-order valence-corrected chi connectivity index (χ0v) is 12.1. The van der Waals surface area contributed by atoms with E-state index in [1.165, 1.54) is 6.92 Å². The first-order valence-electron chi connectivity index (χ1n) is 5.20. The molecule has 0 bridgehead atoms. The first kappa shape index (κ1) is 18.0. The fraction of sp³-hybridized carbons (Fsp3) is 0.800. The second-order valence-corrected chi connectivity index (χ2v) is 4.72. The molecule has 0 aromatic carbocycles. The molecule has 0 rings (SSSR count). The van der Waals surface area contributed by atoms with E-state index in [0.29, 0.717) is 12.2 Å². The lowest BCUT2D eigenvalue weighted by atomic mass is 10.3. The Balaban J connectivity index is 0. The lowest BCUT2D eigenvalue weighted by Gasteiger charge is -2.09. The summed E-state index contributed by atoms with van der Waals surface area (Å²) in [6, 6.07) is 0. The predicted molar refractivity (Wildman–Crippen MR) is 62.5 cm³/mol. The first-order chi connectivity index (χ1) is 7.25. The number of ketones is 1. The maximum absolute atomic E-state index is 9.87. The number of carbonyl (C=O) groups is 2. The summed E-state index contributed by atoms with van der Waals surface area (Å²) in [5, 5.41) is 7.86. The van der Waals surface area contributed by atoms with Gasteiger partial charge in [-0.05, 0) is 34.6 Å².